The molecule has 0 unspecified atom stereocenters. The van der Waals surface area contributed by atoms with Crippen molar-refractivity contribution in [2.24, 2.45) is 0 Å². The van der Waals surface area contributed by atoms with Gasteiger partial charge in [-0.15, -0.1) is 0 Å². The van der Waals surface area contributed by atoms with Crippen molar-refractivity contribution < 1.29 is 55.7 Å². The van der Waals surface area contributed by atoms with Gasteiger partial charge in [0.1, 0.15) is 0 Å². The standard InChI is InChI=1S/C25H39F3N4O5S.C2H2O4/c1-21(2)32(15-20-38(34,35)23-5-3-22(4-6-23)25(26,27)28)24(33)31(9-7-29-11-16-36-17-12-29)10-8-30-13-18-37-19-14-30;3-1(4)2(5)6/h3-6,21H,7-20H2,1-2H3;(H,3,4)(H,5,6). The van der Waals surface area contributed by atoms with Gasteiger partial charge in [-0.3, -0.25) is 9.80 Å². The summed E-state index contributed by atoms with van der Waals surface area (Å²) >= 11 is 0. The fraction of sp³-hybridized carbons (Fsp3) is 0.667. The van der Waals surface area contributed by atoms with Gasteiger partial charge >= 0.3 is 24.1 Å². The van der Waals surface area contributed by atoms with Crippen LogP contribution in [0.2, 0.25) is 0 Å². The van der Waals surface area contributed by atoms with E-state index < -0.39 is 33.5 Å². The van der Waals surface area contributed by atoms with E-state index in [2.05, 4.69) is 9.80 Å². The molecule has 2 heterocycles. The average molecular weight is 655 g/mol. The van der Waals surface area contributed by atoms with E-state index in [9.17, 15) is 26.4 Å². The number of hydrogen-bond donors (Lipinski definition) is 2. The molecule has 0 radical (unpaired) electrons. The number of morpholine rings is 2. The van der Waals surface area contributed by atoms with Gasteiger partial charge in [-0.2, -0.15) is 13.2 Å². The Bertz CT molecular complexity index is 1140. The minimum Gasteiger partial charge on any atom is -0.473 e. The number of rotatable bonds is 11. The Morgan fingerprint density at radius 3 is 1.64 bits per heavy atom. The summed E-state index contributed by atoms with van der Waals surface area (Å²) in [6.07, 6.45) is -4.55. The summed E-state index contributed by atoms with van der Waals surface area (Å²) in [7, 11) is -3.89. The minimum absolute atomic E-state index is 0.0640. The van der Waals surface area contributed by atoms with Crippen LogP contribution in [0.25, 0.3) is 0 Å². The lowest BCUT2D eigenvalue weighted by atomic mass is 10.2. The van der Waals surface area contributed by atoms with Gasteiger partial charge in [0.15, 0.2) is 9.84 Å². The number of hydrogen-bond acceptors (Lipinski definition) is 9. The van der Waals surface area contributed by atoms with Gasteiger partial charge in [0.2, 0.25) is 0 Å². The Kier molecular flexibility index (Phi) is 14.8. The largest absolute Gasteiger partial charge is 0.473 e. The van der Waals surface area contributed by atoms with Crippen molar-refractivity contribution in [3.63, 3.8) is 0 Å². The maximum Gasteiger partial charge on any atom is 0.416 e. The molecule has 0 saturated carbocycles. The van der Waals surface area contributed by atoms with Gasteiger partial charge < -0.3 is 29.5 Å². The van der Waals surface area contributed by atoms with Crippen molar-refractivity contribution in [1.29, 1.82) is 0 Å². The monoisotopic (exact) mass is 654 g/mol. The van der Waals surface area contributed by atoms with Crippen LogP contribution in [0, 0.1) is 0 Å². The second-order valence-electron chi connectivity index (χ2n) is 10.4. The van der Waals surface area contributed by atoms with Crippen molar-refractivity contribution >= 4 is 27.8 Å². The number of benzene rings is 1. The molecule has 2 aliphatic rings. The zero-order valence-electron chi connectivity index (χ0n) is 24.9. The van der Waals surface area contributed by atoms with Gasteiger partial charge in [-0.1, -0.05) is 0 Å². The highest BCUT2D eigenvalue weighted by atomic mass is 32.2. The van der Waals surface area contributed by atoms with Gasteiger partial charge in [-0.05, 0) is 38.1 Å². The molecule has 2 saturated heterocycles. The van der Waals surface area contributed by atoms with Gasteiger partial charge in [-0.25, -0.2) is 22.8 Å². The second kappa shape index (κ2) is 17.5. The first kappa shape index (κ1) is 37.2. The fourth-order valence-electron chi connectivity index (χ4n) is 4.42. The molecule has 0 spiro atoms. The van der Waals surface area contributed by atoms with Crippen molar-refractivity contribution in [3.8, 4) is 0 Å². The lowest BCUT2D eigenvalue weighted by Crippen LogP contribution is -2.52. The zero-order valence-corrected chi connectivity index (χ0v) is 25.7. The molecule has 0 bridgehead atoms. The van der Waals surface area contributed by atoms with Crippen LogP contribution in [0.4, 0.5) is 18.0 Å². The Morgan fingerprint density at radius 1 is 0.841 bits per heavy atom. The summed E-state index contributed by atoms with van der Waals surface area (Å²) in [6, 6.07) is 2.95. The normalized spacial score (nSPS) is 16.6. The molecular weight excluding hydrogens is 613 g/mol. The minimum atomic E-state index is -4.55. The first-order valence-corrected chi connectivity index (χ1v) is 15.8. The smallest absolute Gasteiger partial charge is 0.416 e. The molecule has 3 rings (SSSR count). The number of aliphatic carboxylic acids is 2. The molecule has 13 nitrogen and oxygen atoms in total. The van der Waals surface area contributed by atoms with E-state index in [0.717, 1.165) is 50.4 Å². The summed E-state index contributed by atoms with van der Waals surface area (Å²) in [4.78, 5) is 39.5. The van der Waals surface area contributed by atoms with E-state index in [4.69, 9.17) is 29.3 Å². The van der Waals surface area contributed by atoms with E-state index in [0.29, 0.717) is 52.6 Å². The molecule has 0 aliphatic carbocycles. The molecule has 250 valence electrons. The Balaban J connectivity index is 0.00000102. The van der Waals surface area contributed by atoms with Crippen molar-refractivity contribution in [2.75, 3.05) is 91.1 Å². The SMILES string of the molecule is CC(C)N(CCS(=O)(=O)c1ccc(C(F)(F)F)cc1)C(=O)N(CCN1CCOCC1)CCN1CCOCC1.O=C(O)C(=O)O. The number of urea groups is 1. The Hall–Kier alpha value is -2.99. The molecule has 2 aliphatic heterocycles. The highest BCUT2D eigenvalue weighted by molar-refractivity contribution is 7.91. The molecule has 1 aromatic carbocycles. The molecule has 44 heavy (non-hydrogen) atoms. The number of carboxylic acid groups (broad SMARTS) is 2. The number of sulfone groups is 1. The fourth-order valence-corrected chi connectivity index (χ4v) is 5.64. The molecule has 17 heteroatoms. The number of amides is 2. The van der Waals surface area contributed by atoms with Crippen LogP contribution >= 0.6 is 0 Å². The highest BCUT2D eigenvalue weighted by Crippen LogP contribution is 2.30. The highest BCUT2D eigenvalue weighted by Gasteiger charge is 2.31. The van der Waals surface area contributed by atoms with E-state index in [1.54, 1.807) is 4.90 Å². The molecular formula is C27H41F3N4O9S. The third-order valence-electron chi connectivity index (χ3n) is 7.04. The quantitative estimate of drug-likeness (QED) is 0.333. The number of carboxylic acids is 2. The lowest BCUT2D eigenvalue weighted by molar-refractivity contribution is -0.159. The summed E-state index contributed by atoms with van der Waals surface area (Å²) in [5.74, 6) is -4.03. The second-order valence-corrected chi connectivity index (χ2v) is 12.5. The van der Waals surface area contributed by atoms with Crippen LogP contribution in [-0.4, -0.2) is 153 Å². The first-order chi connectivity index (χ1) is 20.6. The maximum absolute atomic E-state index is 13.7. The number of halogens is 3. The first-order valence-electron chi connectivity index (χ1n) is 14.1. The number of nitrogens with zero attached hydrogens (tertiary/aromatic N) is 4. The van der Waals surface area contributed by atoms with Crippen LogP contribution in [0.3, 0.4) is 0 Å². The lowest BCUT2D eigenvalue weighted by Gasteiger charge is -2.36. The van der Waals surface area contributed by atoms with Crippen LogP contribution < -0.4 is 0 Å². The van der Waals surface area contributed by atoms with Crippen molar-refractivity contribution in [3.05, 3.63) is 29.8 Å². The van der Waals surface area contributed by atoms with Crippen molar-refractivity contribution in [1.82, 2.24) is 19.6 Å². The third-order valence-corrected chi connectivity index (χ3v) is 8.75. The third kappa shape index (κ3) is 12.6. The number of carbonyl (C=O) groups excluding carboxylic acids is 1. The van der Waals surface area contributed by atoms with Gasteiger partial charge in [0.25, 0.3) is 0 Å². The van der Waals surface area contributed by atoms with E-state index in [1.807, 2.05) is 13.8 Å². The van der Waals surface area contributed by atoms with Crippen LogP contribution in [0.5, 0.6) is 0 Å². The number of alkyl halides is 3. The topological polar surface area (TPSA) is 157 Å². The number of ether oxygens (including phenoxy) is 2. The predicted octanol–water partition coefficient (Wildman–Crippen LogP) is 1.43. The predicted molar refractivity (Wildman–Crippen MR) is 152 cm³/mol. The number of carbonyl (C=O) groups is 3. The summed E-state index contributed by atoms with van der Waals surface area (Å²) in [5.41, 5.74) is -0.911. The molecule has 1 aromatic rings. The zero-order chi connectivity index (χ0) is 32.9. The van der Waals surface area contributed by atoms with E-state index in [-0.39, 0.29) is 29.3 Å². The summed E-state index contributed by atoms with van der Waals surface area (Å²) in [5, 5.41) is 14.8. The van der Waals surface area contributed by atoms with Crippen LogP contribution in [-0.2, 0) is 35.1 Å². The van der Waals surface area contributed by atoms with Crippen molar-refractivity contribution in [2.45, 2.75) is 31.0 Å². The van der Waals surface area contributed by atoms with Crippen LogP contribution in [0.1, 0.15) is 19.4 Å². The molecule has 0 aromatic heterocycles. The Morgan fingerprint density at radius 2 is 1.27 bits per heavy atom. The van der Waals surface area contributed by atoms with Gasteiger partial charge in [0, 0.05) is 64.9 Å². The molecule has 2 N–H and O–H groups in total. The molecule has 0 atom stereocenters. The average Bonchev–Trinajstić information content (AvgIpc) is 2.98. The van der Waals surface area contributed by atoms with E-state index in [1.165, 1.54) is 4.90 Å². The molecule has 2 amide bonds. The molecule has 2 fully saturated rings. The van der Waals surface area contributed by atoms with Crippen LogP contribution in [0.15, 0.2) is 29.2 Å². The van der Waals surface area contributed by atoms with Gasteiger partial charge in [0.05, 0.1) is 42.6 Å². The summed E-state index contributed by atoms with van der Waals surface area (Å²) in [6.45, 7) is 11.8. The Labute approximate surface area is 255 Å². The van der Waals surface area contributed by atoms with E-state index >= 15 is 0 Å². The maximum atomic E-state index is 13.7. The summed E-state index contributed by atoms with van der Waals surface area (Å²) < 4.78 is 75.2.